The van der Waals surface area contributed by atoms with Crippen molar-refractivity contribution < 1.29 is 4.39 Å². The van der Waals surface area contributed by atoms with Crippen LogP contribution < -0.4 is 5.32 Å². The van der Waals surface area contributed by atoms with Crippen molar-refractivity contribution in [3.8, 4) is 0 Å². The van der Waals surface area contributed by atoms with Crippen LogP contribution >= 0.6 is 0 Å². The molecule has 0 spiro atoms. The molecule has 100 valence electrons. The first-order valence-electron chi connectivity index (χ1n) is 6.98. The number of hydrogen-bond acceptors (Lipinski definition) is 2. The van der Waals surface area contributed by atoms with Crippen LogP contribution in [0.25, 0.3) is 0 Å². The lowest BCUT2D eigenvalue weighted by Crippen LogP contribution is -2.33. The molecule has 1 aromatic rings. The number of hydrogen-bond donors (Lipinski definition) is 1. The van der Waals surface area contributed by atoms with Crippen molar-refractivity contribution in [2.24, 2.45) is 0 Å². The largest absolute Gasteiger partial charge is 0.309 e. The second kappa shape index (κ2) is 6.30. The van der Waals surface area contributed by atoms with Gasteiger partial charge >= 0.3 is 0 Å². The molecule has 0 aromatic heterocycles. The Hall–Kier alpha value is -0.930. The van der Waals surface area contributed by atoms with E-state index in [1.165, 1.54) is 11.1 Å². The highest BCUT2D eigenvalue weighted by Crippen LogP contribution is 2.31. The molecular weight excluding hydrogens is 227 g/mol. The Morgan fingerprint density at radius 1 is 1.33 bits per heavy atom. The predicted octanol–water partition coefficient (Wildman–Crippen LogP) is 2.74. The summed E-state index contributed by atoms with van der Waals surface area (Å²) in [7, 11) is 0. The smallest absolute Gasteiger partial charge is 0.123 e. The monoisotopic (exact) mass is 250 g/mol. The molecular formula is C15H23FN2. The molecule has 1 N–H and O–H groups in total. The number of benzene rings is 1. The summed E-state index contributed by atoms with van der Waals surface area (Å²) in [6.45, 7) is 8.67. The van der Waals surface area contributed by atoms with Gasteiger partial charge in [-0.1, -0.05) is 19.9 Å². The highest BCUT2D eigenvalue weighted by Gasteiger charge is 2.21. The Bertz CT molecular complexity index is 388. The summed E-state index contributed by atoms with van der Waals surface area (Å²) in [5.74, 6) is -0.113. The number of nitrogens with zero attached hydrogens (tertiary/aromatic N) is 1. The van der Waals surface area contributed by atoms with E-state index in [1.54, 1.807) is 12.1 Å². The normalized spacial score (nSPS) is 18.3. The molecule has 0 aliphatic heterocycles. The number of likely N-dealkylation sites (N-methyl/N-ethyl adjacent to an activating group) is 1. The first-order valence-corrected chi connectivity index (χ1v) is 6.98. The summed E-state index contributed by atoms with van der Waals surface area (Å²) in [6, 6.07) is 5.60. The van der Waals surface area contributed by atoms with Crippen molar-refractivity contribution in [1.82, 2.24) is 10.2 Å². The molecule has 0 bridgehead atoms. The molecule has 0 heterocycles. The molecule has 0 saturated carbocycles. The van der Waals surface area contributed by atoms with Crippen molar-refractivity contribution >= 4 is 0 Å². The zero-order chi connectivity index (χ0) is 13.0. The summed E-state index contributed by atoms with van der Waals surface area (Å²) in [6.07, 6.45) is 2.09. The van der Waals surface area contributed by atoms with Crippen LogP contribution in [0.3, 0.4) is 0 Å². The molecule has 2 nitrogen and oxygen atoms in total. The molecule has 0 fully saturated rings. The first kappa shape index (κ1) is 13.5. The average molecular weight is 250 g/mol. The minimum atomic E-state index is -0.113. The van der Waals surface area contributed by atoms with Crippen LogP contribution in [0.2, 0.25) is 0 Å². The van der Waals surface area contributed by atoms with Crippen LogP contribution in [-0.4, -0.2) is 31.1 Å². The van der Waals surface area contributed by atoms with E-state index in [9.17, 15) is 4.39 Å². The van der Waals surface area contributed by atoms with Crippen molar-refractivity contribution in [1.29, 1.82) is 0 Å². The zero-order valence-electron chi connectivity index (χ0n) is 11.4. The quantitative estimate of drug-likeness (QED) is 0.835. The van der Waals surface area contributed by atoms with E-state index in [0.717, 1.165) is 39.0 Å². The molecule has 0 saturated heterocycles. The van der Waals surface area contributed by atoms with Crippen LogP contribution in [0, 0.1) is 5.82 Å². The lowest BCUT2D eigenvalue weighted by atomic mass is 10.1. The maximum absolute atomic E-state index is 13.1. The summed E-state index contributed by atoms with van der Waals surface area (Å²) in [5.41, 5.74) is 2.46. The second-order valence-electron chi connectivity index (χ2n) is 4.92. The van der Waals surface area contributed by atoms with Gasteiger partial charge in [-0.2, -0.15) is 0 Å². The Balaban J connectivity index is 1.86. The second-order valence-corrected chi connectivity index (χ2v) is 4.92. The lowest BCUT2D eigenvalue weighted by Gasteiger charge is -2.20. The predicted molar refractivity (Wildman–Crippen MR) is 73.3 cm³/mol. The van der Waals surface area contributed by atoms with Crippen LogP contribution in [0.15, 0.2) is 18.2 Å². The molecule has 1 aliphatic carbocycles. The fraction of sp³-hybridized carbons (Fsp3) is 0.600. The highest BCUT2D eigenvalue weighted by atomic mass is 19.1. The van der Waals surface area contributed by atoms with Gasteiger partial charge in [-0.25, -0.2) is 4.39 Å². The maximum atomic E-state index is 13.1. The van der Waals surface area contributed by atoms with Crippen molar-refractivity contribution in [3.05, 3.63) is 35.1 Å². The highest BCUT2D eigenvalue weighted by molar-refractivity contribution is 5.34. The molecule has 3 heteroatoms. The van der Waals surface area contributed by atoms with Crippen LogP contribution in [0.5, 0.6) is 0 Å². The van der Waals surface area contributed by atoms with Crippen LogP contribution in [0.4, 0.5) is 4.39 Å². The number of fused-ring (bicyclic) bond motifs is 1. The van der Waals surface area contributed by atoms with Gasteiger partial charge < -0.3 is 10.2 Å². The minimum Gasteiger partial charge on any atom is -0.309 e. The van der Waals surface area contributed by atoms with Gasteiger partial charge in [0.15, 0.2) is 0 Å². The van der Waals surface area contributed by atoms with Crippen molar-refractivity contribution in [2.75, 3.05) is 26.2 Å². The number of nitrogens with one attached hydrogen (secondary N) is 1. The Kier molecular flexibility index (Phi) is 4.72. The van der Waals surface area contributed by atoms with E-state index in [0.29, 0.717) is 6.04 Å². The molecule has 1 unspecified atom stereocenters. The Labute approximate surface area is 109 Å². The van der Waals surface area contributed by atoms with E-state index < -0.39 is 0 Å². The number of halogens is 1. The van der Waals surface area contributed by atoms with Gasteiger partial charge in [0.05, 0.1) is 0 Å². The van der Waals surface area contributed by atoms with Crippen LogP contribution in [-0.2, 0) is 6.42 Å². The van der Waals surface area contributed by atoms with Gasteiger partial charge in [-0.3, -0.25) is 0 Å². The third-order valence-corrected chi connectivity index (χ3v) is 3.90. The molecule has 0 radical (unpaired) electrons. The van der Waals surface area contributed by atoms with E-state index in [4.69, 9.17) is 0 Å². The molecule has 2 rings (SSSR count). The van der Waals surface area contributed by atoms with E-state index >= 15 is 0 Å². The third kappa shape index (κ3) is 3.09. The van der Waals surface area contributed by atoms with Gasteiger partial charge in [0, 0.05) is 19.1 Å². The van der Waals surface area contributed by atoms with E-state index in [1.807, 2.05) is 6.07 Å². The van der Waals surface area contributed by atoms with Gasteiger partial charge in [-0.15, -0.1) is 0 Å². The summed E-state index contributed by atoms with van der Waals surface area (Å²) in [5, 5.41) is 3.59. The number of rotatable bonds is 6. The molecule has 1 atom stereocenters. The molecule has 18 heavy (non-hydrogen) atoms. The zero-order valence-corrected chi connectivity index (χ0v) is 11.4. The standard InChI is InChI=1S/C15H23FN2/c1-3-18(4-2)10-9-17-15-8-5-12-11-13(16)6-7-14(12)15/h6-7,11,15,17H,3-5,8-10H2,1-2H3. The SMILES string of the molecule is CCN(CC)CCNC1CCc2cc(F)ccc21. The fourth-order valence-electron chi connectivity index (χ4n) is 2.73. The van der Waals surface area contributed by atoms with E-state index in [-0.39, 0.29) is 5.82 Å². The van der Waals surface area contributed by atoms with Gasteiger partial charge in [0.2, 0.25) is 0 Å². The van der Waals surface area contributed by atoms with Gasteiger partial charge in [0.25, 0.3) is 0 Å². The maximum Gasteiger partial charge on any atom is 0.123 e. The van der Waals surface area contributed by atoms with E-state index in [2.05, 4.69) is 24.1 Å². The fourth-order valence-corrected chi connectivity index (χ4v) is 2.73. The minimum absolute atomic E-state index is 0.113. The third-order valence-electron chi connectivity index (χ3n) is 3.90. The van der Waals surface area contributed by atoms with Crippen molar-refractivity contribution in [3.63, 3.8) is 0 Å². The Morgan fingerprint density at radius 3 is 2.83 bits per heavy atom. The molecule has 0 amide bonds. The average Bonchev–Trinajstić information content (AvgIpc) is 2.77. The first-order chi connectivity index (χ1) is 8.74. The summed E-state index contributed by atoms with van der Waals surface area (Å²) >= 11 is 0. The summed E-state index contributed by atoms with van der Waals surface area (Å²) < 4.78 is 13.1. The summed E-state index contributed by atoms with van der Waals surface area (Å²) in [4.78, 5) is 2.41. The Morgan fingerprint density at radius 2 is 2.11 bits per heavy atom. The lowest BCUT2D eigenvalue weighted by molar-refractivity contribution is 0.296. The van der Waals surface area contributed by atoms with Crippen molar-refractivity contribution in [2.45, 2.75) is 32.7 Å². The molecule has 1 aromatic carbocycles. The van der Waals surface area contributed by atoms with Crippen LogP contribution in [0.1, 0.15) is 37.4 Å². The van der Waals surface area contributed by atoms with Gasteiger partial charge in [0.1, 0.15) is 5.82 Å². The topological polar surface area (TPSA) is 15.3 Å². The van der Waals surface area contributed by atoms with Gasteiger partial charge in [-0.05, 0) is 49.2 Å². The number of aryl methyl sites for hydroxylation is 1. The molecule has 1 aliphatic rings.